The van der Waals surface area contributed by atoms with E-state index in [0.717, 1.165) is 18.9 Å². The molecule has 0 spiro atoms. The molecule has 2 bridgehead atoms. The van der Waals surface area contributed by atoms with Crippen molar-refractivity contribution >= 4 is 5.96 Å². The largest absolute Gasteiger partial charge is 0.377 e. The van der Waals surface area contributed by atoms with Gasteiger partial charge in [0.05, 0.1) is 23.9 Å². The van der Waals surface area contributed by atoms with E-state index >= 15 is 0 Å². The Morgan fingerprint density at radius 2 is 2.22 bits per heavy atom. The first-order valence-electron chi connectivity index (χ1n) is 6.72. The quantitative estimate of drug-likeness (QED) is 0.579. The summed E-state index contributed by atoms with van der Waals surface area (Å²) in [5, 5.41) is 6.76. The van der Waals surface area contributed by atoms with E-state index in [0.29, 0.717) is 18.2 Å². The molecule has 0 saturated carbocycles. The van der Waals surface area contributed by atoms with Crippen LogP contribution in [0.2, 0.25) is 0 Å². The van der Waals surface area contributed by atoms with Crippen LogP contribution >= 0.6 is 0 Å². The minimum absolute atomic E-state index is 0.192. The molecule has 0 aromatic carbocycles. The van der Waals surface area contributed by atoms with Crippen LogP contribution in [0.5, 0.6) is 0 Å². The van der Waals surface area contributed by atoms with Gasteiger partial charge in [0, 0.05) is 20.7 Å². The summed E-state index contributed by atoms with van der Waals surface area (Å²) in [4.78, 5) is 4.26. The summed E-state index contributed by atoms with van der Waals surface area (Å²) in [5.74, 6) is 0.835. The normalized spacial score (nSPS) is 31.8. The summed E-state index contributed by atoms with van der Waals surface area (Å²) in [6.07, 6.45) is 4.30. The van der Waals surface area contributed by atoms with Gasteiger partial charge in [0.2, 0.25) is 0 Å². The van der Waals surface area contributed by atoms with Gasteiger partial charge in [-0.2, -0.15) is 0 Å². The van der Waals surface area contributed by atoms with E-state index in [1.54, 1.807) is 14.2 Å². The van der Waals surface area contributed by atoms with E-state index in [1.165, 1.54) is 12.8 Å². The molecule has 3 unspecified atom stereocenters. The Bertz CT molecular complexity index is 317. The van der Waals surface area contributed by atoms with Crippen molar-refractivity contribution < 1.29 is 9.47 Å². The molecule has 0 aromatic rings. The van der Waals surface area contributed by atoms with Gasteiger partial charge in [-0.05, 0) is 33.1 Å². The summed E-state index contributed by atoms with van der Waals surface area (Å²) in [7, 11) is 3.52. The average Bonchev–Trinajstić information content (AvgIpc) is 2.96. The number of nitrogens with one attached hydrogen (secondary N) is 2. The maximum Gasteiger partial charge on any atom is 0.191 e. The van der Waals surface area contributed by atoms with Crippen molar-refractivity contribution in [3.05, 3.63) is 0 Å². The van der Waals surface area contributed by atoms with Crippen molar-refractivity contribution in [1.82, 2.24) is 10.6 Å². The van der Waals surface area contributed by atoms with Gasteiger partial charge >= 0.3 is 0 Å². The first-order valence-corrected chi connectivity index (χ1v) is 6.72. The molecule has 2 rings (SSSR count). The molecule has 5 heteroatoms. The fourth-order valence-electron chi connectivity index (χ4n) is 2.53. The zero-order valence-corrected chi connectivity index (χ0v) is 11.8. The topological polar surface area (TPSA) is 54.9 Å². The Balaban J connectivity index is 1.80. The van der Waals surface area contributed by atoms with Crippen molar-refractivity contribution in [1.29, 1.82) is 0 Å². The zero-order valence-electron chi connectivity index (χ0n) is 11.8. The van der Waals surface area contributed by atoms with Crippen molar-refractivity contribution in [3.8, 4) is 0 Å². The van der Waals surface area contributed by atoms with Crippen molar-refractivity contribution in [2.45, 2.75) is 57.0 Å². The number of methoxy groups -OCH3 is 1. The predicted octanol–water partition coefficient (Wildman–Crippen LogP) is 0.896. The number of fused-ring (bicyclic) bond motifs is 2. The second-order valence-corrected chi connectivity index (χ2v) is 5.75. The second kappa shape index (κ2) is 5.45. The van der Waals surface area contributed by atoms with Crippen LogP contribution in [-0.4, -0.2) is 50.5 Å². The summed E-state index contributed by atoms with van der Waals surface area (Å²) in [6.45, 7) is 4.83. The molecular weight excluding hydrogens is 230 g/mol. The molecule has 2 saturated heterocycles. The highest BCUT2D eigenvalue weighted by Crippen LogP contribution is 2.34. The molecule has 5 nitrogen and oxygen atoms in total. The molecule has 2 heterocycles. The SMILES string of the molecule is CN=C(NCC(C)(C)OC)NC1CC2CCC1O2. The number of hydrogen-bond donors (Lipinski definition) is 2. The van der Waals surface area contributed by atoms with Gasteiger partial charge in [-0.3, -0.25) is 4.99 Å². The zero-order chi connectivity index (χ0) is 13.2. The van der Waals surface area contributed by atoms with Crippen molar-refractivity contribution in [2.24, 2.45) is 4.99 Å². The van der Waals surface area contributed by atoms with Gasteiger partial charge in [0.1, 0.15) is 0 Å². The van der Waals surface area contributed by atoms with Gasteiger partial charge < -0.3 is 20.1 Å². The summed E-state index contributed by atoms with van der Waals surface area (Å²) in [6, 6.07) is 0.403. The average molecular weight is 255 g/mol. The van der Waals surface area contributed by atoms with Crippen LogP contribution in [0, 0.1) is 0 Å². The molecular formula is C13H25N3O2. The highest BCUT2D eigenvalue weighted by atomic mass is 16.5. The number of guanidine groups is 1. The maximum absolute atomic E-state index is 5.83. The van der Waals surface area contributed by atoms with Crippen LogP contribution in [0.15, 0.2) is 4.99 Å². The Morgan fingerprint density at radius 1 is 1.44 bits per heavy atom. The highest BCUT2D eigenvalue weighted by Gasteiger charge is 2.41. The van der Waals surface area contributed by atoms with E-state index in [2.05, 4.69) is 15.6 Å². The van der Waals surface area contributed by atoms with Crippen LogP contribution in [-0.2, 0) is 9.47 Å². The monoisotopic (exact) mass is 255 g/mol. The van der Waals surface area contributed by atoms with E-state index in [4.69, 9.17) is 9.47 Å². The van der Waals surface area contributed by atoms with E-state index < -0.39 is 0 Å². The lowest BCUT2D eigenvalue weighted by Gasteiger charge is -2.27. The maximum atomic E-state index is 5.83. The Hall–Kier alpha value is -0.810. The molecule has 0 aromatic heterocycles. The lowest BCUT2D eigenvalue weighted by molar-refractivity contribution is 0.0267. The Labute approximate surface area is 109 Å². The third kappa shape index (κ3) is 3.14. The predicted molar refractivity (Wildman–Crippen MR) is 71.9 cm³/mol. The van der Waals surface area contributed by atoms with Gasteiger partial charge in [0.15, 0.2) is 5.96 Å². The number of hydrogen-bond acceptors (Lipinski definition) is 3. The second-order valence-electron chi connectivity index (χ2n) is 5.75. The number of nitrogens with zero attached hydrogens (tertiary/aromatic N) is 1. The molecule has 18 heavy (non-hydrogen) atoms. The molecule has 2 aliphatic rings. The van der Waals surface area contributed by atoms with Crippen LogP contribution in [0.3, 0.4) is 0 Å². The molecule has 0 amide bonds. The van der Waals surface area contributed by atoms with E-state index in [-0.39, 0.29) is 5.60 Å². The van der Waals surface area contributed by atoms with Gasteiger partial charge in [-0.25, -0.2) is 0 Å². The number of ether oxygens (including phenoxy) is 2. The van der Waals surface area contributed by atoms with Crippen LogP contribution in [0.1, 0.15) is 33.1 Å². The Morgan fingerprint density at radius 3 is 2.72 bits per heavy atom. The first kappa shape index (κ1) is 13.6. The summed E-state index contributed by atoms with van der Waals surface area (Å²) < 4.78 is 11.2. The molecule has 2 N–H and O–H groups in total. The summed E-state index contributed by atoms with van der Waals surface area (Å²) in [5.41, 5.74) is -0.192. The van der Waals surface area contributed by atoms with Gasteiger partial charge in [-0.15, -0.1) is 0 Å². The van der Waals surface area contributed by atoms with Crippen molar-refractivity contribution in [3.63, 3.8) is 0 Å². The van der Waals surface area contributed by atoms with Gasteiger partial charge in [-0.1, -0.05) is 0 Å². The number of rotatable bonds is 4. The molecule has 3 atom stereocenters. The van der Waals surface area contributed by atoms with Crippen LogP contribution in [0.25, 0.3) is 0 Å². The molecule has 104 valence electrons. The third-order valence-electron chi connectivity index (χ3n) is 3.89. The lowest BCUT2D eigenvalue weighted by atomic mass is 9.96. The standard InChI is InChI=1S/C13H25N3O2/c1-13(2,17-4)8-15-12(14-3)16-10-7-9-5-6-11(10)18-9/h9-11H,5-8H2,1-4H3,(H2,14,15,16). The summed E-state index contributed by atoms with van der Waals surface area (Å²) >= 11 is 0. The number of aliphatic imine (C=N–C) groups is 1. The van der Waals surface area contributed by atoms with E-state index in [1.807, 2.05) is 13.8 Å². The van der Waals surface area contributed by atoms with Crippen molar-refractivity contribution in [2.75, 3.05) is 20.7 Å². The fourth-order valence-corrected chi connectivity index (χ4v) is 2.53. The van der Waals surface area contributed by atoms with E-state index in [9.17, 15) is 0 Å². The highest BCUT2D eigenvalue weighted by molar-refractivity contribution is 5.80. The fraction of sp³-hybridized carbons (Fsp3) is 0.923. The lowest BCUT2D eigenvalue weighted by Crippen LogP contribution is -2.50. The third-order valence-corrected chi connectivity index (χ3v) is 3.89. The molecule has 2 aliphatic heterocycles. The smallest absolute Gasteiger partial charge is 0.191 e. The van der Waals surface area contributed by atoms with Crippen LogP contribution in [0.4, 0.5) is 0 Å². The minimum Gasteiger partial charge on any atom is -0.377 e. The Kier molecular flexibility index (Phi) is 4.12. The molecule has 0 radical (unpaired) electrons. The minimum atomic E-state index is -0.192. The van der Waals surface area contributed by atoms with Gasteiger partial charge in [0.25, 0.3) is 0 Å². The van der Waals surface area contributed by atoms with Crippen LogP contribution < -0.4 is 10.6 Å². The first-order chi connectivity index (χ1) is 8.54. The molecule has 0 aliphatic carbocycles. The molecule has 2 fully saturated rings.